The van der Waals surface area contributed by atoms with E-state index in [0.717, 1.165) is 11.8 Å². The van der Waals surface area contributed by atoms with Crippen LogP contribution in [0.4, 0.5) is 0 Å². The second-order valence-corrected chi connectivity index (χ2v) is 23.0. The molecule has 2 aliphatic heterocycles. The van der Waals surface area contributed by atoms with Crippen molar-refractivity contribution in [1.29, 1.82) is 0 Å². The number of imidazole rings is 3. The quantitative estimate of drug-likeness (QED) is 0.0236. The number of aliphatic carboxylic acids is 1. The van der Waals surface area contributed by atoms with E-state index < -0.39 is 176 Å². The molecule has 11 atom stereocenters. The molecule has 506 valence electrons. The molecule has 92 heavy (non-hydrogen) atoms. The number of hydrogen-bond acceptors (Lipinski definition) is 21. The van der Waals surface area contributed by atoms with Crippen LogP contribution in [0.15, 0.2) is 37.6 Å². The number of H-pyrrole nitrogens is 3. The van der Waals surface area contributed by atoms with Gasteiger partial charge in [-0.3, -0.25) is 57.5 Å². The average molecular weight is 1310 g/mol. The molecule has 0 saturated carbocycles. The SMILES string of the molecule is CSCC[C@H](N)C(=O)N[C@@H](Cc1cnc[nH]1)C(=O)N[C@@H](CCCCN)C(=O)N[C@@H](Cc1cnc[nH]1)C(=O)N1CCC[C@H]1C(=O)N[C@@H](Cc1cnc[nH]1)C(=O)NCC(=O)N[C@@H](CO)C(=O)N[C@@H](CCC(N)=O)C(=O)NCC(=O)N1CCC[C@H]1C(=O)N[C@H](C(=O)O)[C@@H](C)O. The Bertz CT molecular complexity index is 2970. The van der Waals surface area contributed by atoms with Crippen LogP contribution >= 0.6 is 11.8 Å². The Morgan fingerprint density at radius 3 is 1.64 bits per heavy atom. The van der Waals surface area contributed by atoms with Crippen LogP contribution in [0.1, 0.15) is 88.2 Å². The van der Waals surface area contributed by atoms with Gasteiger partial charge in [0.2, 0.25) is 70.9 Å². The summed E-state index contributed by atoms with van der Waals surface area (Å²) in [6.07, 6.45) is 9.64. The number of carbonyl (C=O) groups excluding carboxylic acids is 12. The van der Waals surface area contributed by atoms with Crippen molar-refractivity contribution < 1.29 is 77.6 Å². The molecule has 2 aliphatic rings. The van der Waals surface area contributed by atoms with Crippen LogP contribution in [0.3, 0.4) is 0 Å². The van der Waals surface area contributed by atoms with E-state index in [1.807, 2.05) is 6.26 Å². The second-order valence-electron chi connectivity index (χ2n) is 22.1. The topological polar surface area (TPSA) is 561 Å². The fourth-order valence-electron chi connectivity index (χ4n) is 10.1. The summed E-state index contributed by atoms with van der Waals surface area (Å²) in [5.74, 6) is -11.1. The number of hydrogen-bond donors (Lipinski definition) is 18. The number of amides is 12. The van der Waals surface area contributed by atoms with Crippen LogP contribution in [0.25, 0.3) is 0 Å². The van der Waals surface area contributed by atoms with E-state index in [2.05, 4.69) is 77.8 Å². The number of primary amides is 1. The van der Waals surface area contributed by atoms with E-state index in [9.17, 15) is 77.6 Å². The minimum absolute atomic E-state index is 0.0384. The molecule has 0 aliphatic carbocycles. The number of rotatable bonds is 39. The van der Waals surface area contributed by atoms with E-state index in [0.29, 0.717) is 54.9 Å². The lowest BCUT2D eigenvalue weighted by atomic mass is 10.0. The number of carbonyl (C=O) groups is 13. The van der Waals surface area contributed by atoms with Crippen molar-refractivity contribution in [2.45, 2.75) is 157 Å². The van der Waals surface area contributed by atoms with Crippen molar-refractivity contribution in [1.82, 2.24) is 87.6 Å². The summed E-state index contributed by atoms with van der Waals surface area (Å²) < 4.78 is 0. The van der Waals surface area contributed by atoms with Gasteiger partial charge in [0.05, 0.1) is 50.8 Å². The molecule has 12 amide bonds. The fraction of sp³-hybridized carbons (Fsp3) is 0.600. The van der Waals surface area contributed by atoms with Crippen LogP contribution in [0.2, 0.25) is 0 Å². The third-order valence-electron chi connectivity index (χ3n) is 15.1. The first-order chi connectivity index (χ1) is 43.9. The summed E-state index contributed by atoms with van der Waals surface area (Å²) in [6.45, 7) is -1.11. The molecule has 0 spiro atoms. The highest BCUT2D eigenvalue weighted by Gasteiger charge is 2.41. The van der Waals surface area contributed by atoms with Gasteiger partial charge in [0.1, 0.15) is 48.3 Å². The van der Waals surface area contributed by atoms with E-state index in [-0.39, 0.29) is 58.2 Å². The first-order valence-electron chi connectivity index (χ1n) is 29.9. The van der Waals surface area contributed by atoms with Gasteiger partial charge >= 0.3 is 5.97 Å². The summed E-state index contributed by atoms with van der Waals surface area (Å²) in [7, 11) is 0. The molecule has 0 radical (unpaired) electrons. The summed E-state index contributed by atoms with van der Waals surface area (Å²) in [5.41, 5.74) is 18.5. The standard InChI is InChI=1S/C55H84N20O16S/c1-29(77)45(55(90)91)73-53(88)40-8-5-14-74(40)44(80)24-63-47(82)35(10-11-42(58)78)69-51(86)39(25-76)67-43(79)23-62-48(83)36(17-30-20-59-26-64-30)71-52(87)41-9-6-15-75(41)54(89)38(19-32-22-61-28-66-32)72-49(84)34(7-3-4-13-56)68-50(85)37(18-31-21-60-27-65-31)70-46(81)33(57)12-16-92-2/h20-22,26-29,33-41,45,76-77H,3-19,23-25,56-57H2,1-2H3,(H2,58,78)(H,59,64)(H,60,65)(H,61,66)(H,62,83)(H,63,82)(H,67,79)(H,68,85)(H,69,86)(H,70,81)(H,71,87)(H,72,84)(H,73,88)(H,90,91)/t29-,33+,34+,35+,36+,37+,38+,39+,40+,41+,45+/m1/s1. The third-order valence-corrected chi connectivity index (χ3v) is 15.8. The zero-order valence-corrected chi connectivity index (χ0v) is 51.8. The molecule has 36 nitrogen and oxygen atoms in total. The lowest BCUT2D eigenvalue weighted by Gasteiger charge is -2.31. The molecule has 37 heteroatoms. The van der Waals surface area contributed by atoms with E-state index >= 15 is 0 Å². The smallest absolute Gasteiger partial charge is 0.328 e. The number of nitrogens with one attached hydrogen (secondary N) is 12. The number of carboxylic acid groups (broad SMARTS) is 1. The molecular weight excluding hydrogens is 1230 g/mol. The van der Waals surface area contributed by atoms with Gasteiger partial charge in [-0.15, -0.1) is 0 Å². The maximum atomic E-state index is 14.8. The van der Waals surface area contributed by atoms with Gasteiger partial charge in [0.25, 0.3) is 0 Å². The predicted octanol–water partition coefficient (Wildman–Crippen LogP) is -7.58. The summed E-state index contributed by atoms with van der Waals surface area (Å²) in [6, 6.07) is -13.6. The third kappa shape index (κ3) is 23.0. The summed E-state index contributed by atoms with van der Waals surface area (Å²) in [5, 5.41) is 51.7. The van der Waals surface area contributed by atoms with E-state index in [1.54, 1.807) is 0 Å². The lowest BCUT2D eigenvalue weighted by molar-refractivity contribution is -0.146. The maximum absolute atomic E-state index is 14.8. The lowest BCUT2D eigenvalue weighted by Crippen LogP contribution is -2.60. The molecule has 5 heterocycles. The number of aliphatic hydroxyl groups is 2. The Labute approximate surface area is 532 Å². The number of nitrogens with zero attached hydrogens (tertiary/aromatic N) is 5. The monoisotopic (exact) mass is 1310 g/mol. The molecule has 21 N–H and O–H groups in total. The van der Waals surface area contributed by atoms with Crippen molar-refractivity contribution in [2.24, 2.45) is 17.2 Å². The molecule has 0 aromatic carbocycles. The largest absolute Gasteiger partial charge is 0.480 e. The number of thioether (sulfide) groups is 1. The fourth-order valence-corrected chi connectivity index (χ4v) is 10.6. The summed E-state index contributed by atoms with van der Waals surface area (Å²) >= 11 is 1.49. The average Bonchev–Trinajstić information content (AvgIpc) is 1.77. The van der Waals surface area contributed by atoms with Crippen LogP contribution in [-0.2, 0) is 81.6 Å². The minimum Gasteiger partial charge on any atom is -0.480 e. The number of carboxylic acids is 1. The van der Waals surface area contributed by atoms with Gasteiger partial charge in [-0.1, -0.05) is 0 Å². The minimum atomic E-state index is -1.78. The number of nitrogens with two attached hydrogens (primary N) is 3. The number of unbranched alkanes of at least 4 members (excludes halogenated alkanes) is 1. The number of aromatic amines is 3. The van der Waals surface area contributed by atoms with Gasteiger partial charge in [0.15, 0.2) is 6.04 Å². The van der Waals surface area contributed by atoms with Crippen molar-refractivity contribution >= 4 is 88.6 Å². The molecule has 5 rings (SSSR count). The van der Waals surface area contributed by atoms with Crippen molar-refractivity contribution in [3.8, 4) is 0 Å². The van der Waals surface area contributed by atoms with E-state index in [4.69, 9.17) is 17.2 Å². The van der Waals surface area contributed by atoms with E-state index in [1.165, 1.54) is 54.2 Å². The molecule has 3 aromatic heterocycles. The second kappa shape index (κ2) is 37.3. The highest BCUT2D eigenvalue weighted by atomic mass is 32.2. The van der Waals surface area contributed by atoms with Gasteiger partial charge < -0.3 is 105 Å². The van der Waals surface area contributed by atoms with Crippen LogP contribution in [0.5, 0.6) is 0 Å². The van der Waals surface area contributed by atoms with Crippen LogP contribution in [-0.4, -0.2) is 250 Å². The Morgan fingerprint density at radius 2 is 1.11 bits per heavy atom. The molecular formula is C55H84N20O16S. The normalized spacial score (nSPS) is 17.4. The number of aromatic nitrogens is 6. The first kappa shape index (κ1) is 73.7. The zero-order chi connectivity index (χ0) is 67.4. The maximum Gasteiger partial charge on any atom is 0.328 e. The highest BCUT2D eigenvalue weighted by molar-refractivity contribution is 7.98. The number of likely N-dealkylation sites (tertiary alicyclic amines) is 2. The van der Waals surface area contributed by atoms with Gasteiger partial charge in [-0.25, -0.2) is 19.7 Å². The highest BCUT2D eigenvalue weighted by Crippen LogP contribution is 2.22. The Hall–Kier alpha value is -9.07. The molecule has 2 saturated heterocycles. The van der Waals surface area contributed by atoms with Crippen LogP contribution in [0, 0.1) is 0 Å². The molecule has 3 aromatic rings. The Morgan fingerprint density at radius 1 is 0.620 bits per heavy atom. The number of aliphatic hydroxyl groups excluding tert-OH is 2. The molecule has 2 fully saturated rings. The predicted molar refractivity (Wildman–Crippen MR) is 325 cm³/mol. The summed E-state index contributed by atoms with van der Waals surface area (Å²) in [4.78, 5) is 198. The molecule has 0 unspecified atom stereocenters. The van der Waals surface area contributed by atoms with Crippen molar-refractivity contribution in [2.75, 3.05) is 51.3 Å². The zero-order valence-electron chi connectivity index (χ0n) is 51.0. The Kier molecular flexibility index (Phi) is 29.9. The van der Waals surface area contributed by atoms with Gasteiger partial charge in [-0.05, 0) is 83.3 Å². The Balaban J connectivity index is 1.24. The van der Waals surface area contributed by atoms with Gasteiger partial charge in [-0.2, -0.15) is 11.8 Å². The van der Waals surface area contributed by atoms with Crippen molar-refractivity contribution in [3.63, 3.8) is 0 Å². The first-order valence-corrected chi connectivity index (χ1v) is 31.3. The van der Waals surface area contributed by atoms with Crippen LogP contribution < -0.4 is 65.1 Å². The van der Waals surface area contributed by atoms with Crippen molar-refractivity contribution in [3.05, 3.63) is 54.7 Å². The molecule has 0 bridgehead atoms. The van der Waals surface area contributed by atoms with Gasteiger partial charge in [0, 0.05) is 74.4 Å².